The number of nitrogens with zero attached hydrogens (tertiary/aromatic N) is 2. The van der Waals surface area contributed by atoms with Crippen LogP contribution in [0.15, 0.2) is 35.2 Å². The lowest BCUT2D eigenvalue weighted by atomic mass is 10.2. The summed E-state index contributed by atoms with van der Waals surface area (Å²) in [7, 11) is 0. The van der Waals surface area contributed by atoms with Crippen LogP contribution in [0.25, 0.3) is 0 Å². The zero-order valence-corrected chi connectivity index (χ0v) is 11.6. The summed E-state index contributed by atoms with van der Waals surface area (Å²) in [5, 5.41) is 5.91. The van der Waals surface area contributed by atoms with E-state index in [1.165, 1.54) is 6.20 Å². The Bertz CT molecular complexity index is 537. The predicted molar refractivity (Wildman–Crippen MR) is 75.4 cm³/mol. The van der Waals surface area contributed by atoms with Gasteiger partial charge in [-0.2, -0.15) is 0 Å². The zero-order chi connectivity index (χ0) is 14.4. The molecule has 0 aromatic carbocycles. The largest absolute Gasteiger partial charge is 0.467 e. The average Bonchev–Trinajstić information content (AvgIpc) is 3.00. The summed E-state index contributed by atoms with van der Waals surface area (Å²) in [6.07, 6.45) is 5.60. The van der Waals surface area contributed by atoms with Crippen LogP contribution in [0.2, 0.25) is 0 Å². The first kappa shape index (κ1) is 14.0. The van der Waals surface area contributed by atoms with Crippen molar-refractivity contribution in [2.45, 2.75) is 26.3 Å². The van der Waals surface area contributed by atoms with Crippen molar-refractivity contribution in [1.29, 1.82) is 0 Å². The summed E-state index contributed by atoms with van der Waals surface area (Å²) in [4.78, 5) is 20.2. The highest BCUT2D eigenvalue weighted by molar-refractivity contribution is 5.92. The molecule has 0 spiro atoms. The fourth-order valence-corrected chi connectivity index (χ4v) is 1.67. The van der Waals surface area contributed by atoms with Crippen LogP contribution < -0.4 is 10.6 Å². The van der Waals surface area contributed by atoms with Crippen LogP contribution >= 0.6 is 0 Å². The molecule has 6 nitrogen and oxygen atoms in total. The molecule has 2 N–H and O–H groups in total. The van der Waals surface area contributed by atoms with Crippen molar-refractivity contribution in [2.24, 2.45) is 0 Å². The molecular weight excluding hydrogens is 256 g/mol. The van der Waals surface area contributed by atoms with E-state index in [0.717, 1.165) is 13.0 Å². The molecule has 0 radical (unpaired) electrons. The van der Waals surface area contributed by atoms with Gasteiger partial charge in [0.05, 0.1) is 24.7 Å². The van der Waals surface area contributed by atoms with Crippen molar-refractivity contribution >= 4 is 11.7 Å². The van der Waals surface area contributed by atoms with Crippen LogP contribution in [0.5, 0.6) is 0 Å². The van der Waals surface area contributed by atoms with Gasteiger partial charge in [0.2, 0.25) is 0 Å². The standard InChI is InChI=1S/C14H18N4O2/c1-3-6-15-13-9-16-11(8-17-13)14(19)18-10(2)12-5-4-7-20-12/h4-5,7-10H,3,6H2,1-2H3,(H,15,17)(H,18,19). The molecule has 0 saturated heterocycles. The summed E-state index contributed by atoms with van der Waals surface area (Å²) in [6, 6.07) is 3.39. The second-order valence-corrected chi connectivity index (χ2v) is 4.42. The van der Waals surface area contributed by atoms with Crippen molar-refractivity contribution in [1.82, 2.24) is 15.3 Å². The molecule has 0 aliphatic heterocycles. The molecular formula is C14H18N4O2. The molecule has 0 fully saturated rings. The summed E-state index contributed by atoms with van der Waals surface area (Å²) in [6.45, 7) is 4.75. The number of furan rings is 1. The lowest BCUT2D eigenvalue weighted by Gasteiger charge is -2.11. The SMILES string of the molecule is CCCNc1cnc(C(=O)NC(C)c2ccco2)cn1. The number of aromatic nitrogens is 2. The second-order valence-electron chi connectivity index (χ2n) is 4.42. The van der Waals surface area contributed by atoms with E-state index in [1.54, 1.807) is 18.5 Å². The third-order valence-corrected chi connectivity index (χ3v) is 2.76. The molecule has 2 aromatic heterocycles. The van der Waals surface area contributed by atoms with Gasteiger partial charge in [0.15, 0.2) is 0 Å². The summed E-state index contributed by atoms with van der Waals surface area (Å²) in [5.41, 5.74) is 0.283. The monoisotopic (exact) mass is 274 g/mol. The first-order valence-electron chi connectivity index (χ1n) is 6.61. The maximum Gasteiger partial charge on any atom is 0.272 e. The van der Waals surface area contributed by atoms with Gasteiger partial charge in [0.25, 0.3) is 5.91 Å². The van der Waals surface area contributed by atoms with E-state index in [1.807, 2.05) is 13.0 Å². The molecule has 2 rings (SSSR count). The molecule has 20 heavy (non-hydrogen) atoms. The molecule has 0 aliphatic carbocycles. The fraction of sp³-hybridized carbons (Fsp3) is 0.357. The van der Waals surface area contributed by atoms with Gasteiger partial charge in [-0.3, -0.25) is 4.79 Å². The maximum atomic E-state index is 12.0. The number of nitrogens with one attached hydrogen (secondary N) is 2. The fourth-order valence-electron chi connectivity index (χ4n) is 1.67. The Hall–Kier alpha value is -2.37. The van der Waals surface area contributed by atoms with Crippen LogP contribution in [0.4, 0.5) is 5.82 Å². The molecule has 1 unspecified atom stereocenters. The smallest absolute Gasteiger partial charge is 0.272 e. The highest BCUT2D eigenvalue weighted by Crippen LogP contribution is 2.12. The van der Waals surface area contributed by atoms with E-state index >= 15 is 0 Å². The van der Waals surface area contributed by atoms with Gasteiger partial charge in [0, 0.05) is 6.54 Å². The van der Waals surface area contributed by atoms with Gasteiger partial charge in [-0.1, -0.05) is 6.92 Å². The van der Waals surface area contributed by atoms with Gasteiger partial charge in [0.1, 0.15) is 17.3 Å². The minimum Gasteiger partial charge on any atom is -0.467 e. The molecule has 0 bridgehead atoms. The van der Waals surface area contributed by atoms with Crippen molar-refractivity contribution < 1.29 is 9.21 Å². The molecule has 0 saturated carbocycles. The Kier molecular flexibility index (Phi) is 4.70. The Labute approximate surface area is 117 Å². The molecule has 1 atom stereocenters. The number of hydrogen-bond donors (Lipinski definition) is 2. The first-order valence-corrected chi connectivity index (χ1v) is 6.61. The predicted octanol–water partition coefficient (Wildman–Crippen LogP) is 2.38. The number of rotatable bonds is 6. The van der Waals surface area contributed by atoms with E-state index in [9.17, 15) is 4.79 Å². The quantitative estimate of drug-likeness (QED) is 0.845. The van der Waals surface area contributed by atoms with Crippen LogP contribution in [-0.4, -0.2) is 22.4 Å². The second kappa shape index (κ2) is 6.70. The Morgan fingerprint density at radius 1 is 1.40 bits per heavy atom. The number of hydrogen-bond acceptors (Lipinski definition) is 5. The van der Waals surface area contributed by atoms with E-state index in [0.29, 0.717) is 11.6 Å². The average molecular weight is 274 g/mol. The van der Waals surface area contributed by atoms with Crippen molar-refractivity contribution in [3.05, 3.63) is 42.2 Å². The highest BCUT2D eigenvalue weighted by Gasteiger charge is 2.14. The maximum absolute atomic E-state index is 12.0. The Morgan fingerprint density at radius 2 is 2.25 bits per heavy atom. The van der Waals surface area contributed by atoms with E-state index in [-0.39, 0.29) is 17.6 Å². The molecule has 6 heteroatoms. The summed E-state index contributed by atoms with van der Waals surface area (Å²) >= 11 is 0. The van der Waals surface area contributed by atoms with Crippen molar-refractivity contribution in [3.63, 3.8) is 0 Å². The van der Waals surface area contributed by atoms with Crippen LogP contribution in [0.1, 0.15) is 42.6 Å². The molecule has 2 heterocycles. The molecule has 2 aromatic rings. The van der Waals surface area contributed by atoms with Crippen LogP contribution in [-0.2, 0) is 0 Å². The minimum atomic E-state index is -0.275. The zero-order valence-electron chi connectivity index (χ0n) is 11.6. The van der Waals surface area contributed by atoms with Gasteiger partial charge in [-0.25, -0.2) is 9.97 Å². The summed E-state index contributed by atoms with van der Waals surface area (Å²) in [5.74, 6) is 1.10. The third kappa shape index (κ3) is 3.57. The van der Waals surface area contributed by atoms with Crippen LogP contribution in [0, 0.1) is 0 Å². The molecule has 1 amide bonds. The molecule has 106 valence electrons. The van der Waals surface area contributed by atoms with Crippen molar-refractivity contribution in [3.8, 4) is 0 Å². The van der Waals surface area contributed by atoms with Crippen LogP contribution in [0.3, 0.4) is 0 Å². The highest BCUT2D eigenvalue weighted by atomic mass is 16.3. The van der Waals surface area contributed by atoms with E-state index in [4.69, 9.17) is 4.42 Å². The Morgan fingerprint density at radius 3 is 2.85 bits per heavy atom. The number of amides is 1. The third-order valence-electron chi connectivity index (χ3n) is 2.76. The first-order chi connectivity index (χ1) is 9.70. The van der Waals surface area contributed by atoms with Gasteiger partial charge < -0.3 is 15.1 Å². The van der Waals surface area contributed by atoms with Gasteiger partial charge >= 0.3 is 0 Å². The van der Waals surface area contributed by atoms with Gasteiger partial charge in [-0.15, -0.1) is 0 Å². The normalized spacial score (nSPS) is 11.9. The number of carbonyl (C=O) groups is 1. The minimum absolute atomic E-state index is 0.211. The summed E-state index contributed by atoms with van der Waals surface area (Å²) < 4.78 is 5.23. The van der Waals surface area contributed by atoms with Gasteiger partial charge in [-0.05, 0) is 25.5 Å². The number of carbonyl (C=O) groups excluding carboxylic acids is 1. The number of anilines is 1. The molecule has 0 aliphatic rings. The lowest BCUT2D eigenvalue weighted by Crippen LogP contribution is -2.27. The Balaban J connectivity index is 1.95. The topological polar surface area (TPSA) is 80.0 Å². The van der Waals surface area contributed by atoms with E-state index in [2.05, 4.69) is 27.5 Å². The van der Waals surface area contributed by atoms with Crippen molar-refractivity contribution in [2.75, 3.05) is 11.9 Å². The lowest BCUT2D eigenvalue weighted by molar-refractivity contribution is 0.0930. The van der Waals surface area contributed by atoms with E-state index < -0.39 is 0 Å².